The molecular weight excluding hydrogens is 440 g/mol. The number of amides is 2. The van der Waals surface area contributed by atoms with Crippen molar-refractivity contribution in [3.63, 3.8) is 0 Å². The molecule has 2 fully saturated rings. The molecule has 1 N–H and O–H groups in total. The molecule has 0 bridgehead atoms. The minimum atomic E-state index is -0.893. The van der Waals surface area contributed by atoms with Gasteiger partial charge in [-0.2, -0.15) is 0 Å². The molecule has 4 aliphatic rings. The van der Waals surface area contributed by atoms with Crippen molar-refractivity contribution in [2.24, 2.45) is 17.3 Å². The van der Waals surface area contributed by atoms with Gasteiger partial charge in [-0.3, -0.25) is 14.4 Å². The molecule has 0 saturated carbocycles. The van der Waals surface area contributed by atoms with Gasteiger partial charge in [0.1, 0.15) is 12.6 Å². The lowest BCUT2D eigenvalue weighted by molar-refractivity contribution is -0.152. The van der Waals surface area contributed by atoms with Crippen molar-refractivity contribution < 1.29 is 24.2 Å². The van der Waals surface area contributed by atoms with Gasteiger partial charge < -0.3 is 19.6 Å². The maximum absolute atomic E-state index is 14.2. The summed E-state index contributed by atoms with van der Waals surface area (Å²) in [7, 11) is 0. The van der Waals surface area contributed by atoms with Crippen LogP contribution in [0.4, 0.5) is 0 Å². The third kappa shape index (κ3) is 3.73. The maximum Gasteiger partial charge on any atom is 0.311 e. The standard InChI is InChI=1S/C25H36N2O5S/c1-22(2,3)15-23(4,5)27-11-7-10-25-16(19(29)26(12-13-28)18(25)20(27)30)17-21(31)32-14-8-9-24(17,6)33-25/h7-10,16-18,28H,11-15H2,1-6H3/t16-,17+,18?,24-,25-/m0/s1. The fourth-order valence-corrected chi connectivity index (χ4v) is 8.79. The smallest absolute Gasteiger partial charge is 0.311 e. The van der Waals surface area contributed by atoms with E-state index in [4.69, 9.17) is 4.74 Å². The summed E-state index contributed by atoms with van der Waals surface area (Å²) in [5.41, 5.74) is -0.429. The van der Waals surface area contributed by atoms with Gasteiger partial charge in [0.05, 0.1) is 23.2 Å². The number of nitrogens with zero attached hydrogens (tertiary/aromatic N) is 2. The summed E-state index contributed by atoms with van der Waals surface area (Å²) in [6.45, 7) is 13.0. The Kier molecular flexibility index (Phi) is 5.80. The predicted octanol–water partition coefficient (Wildman–Crippen LogP) is 2.39. The van der Waals surface area contributed by atoms with Crippen molar-refractivity contribution in [1.29, 1.82) is 0 Å². The highest BCUT2D eigenvalue weighted by Crippen LogP contribution is 2.65. The van der Waals surface area contributed by atoms with Gasteiger partial charge in [-0.15, -0.1) is 11.8 Å². The highest BCUT2D eigenvalue weighted by atomic mass is 32.2. The van der Waals surface area contributed by atoms with E-state index in [0.717, 1.165) is 6.42 Å². The number of rotatable bonds is 4. The lowest BCUT2D eigenvalue weighted by atomic mass is 9.74. The van der Waals surface area contributed by atoms with Crippen molar-refractivity contribution in [2.45, 2.75) is 69.0 Å². The second-order valence-electron chi connectivity index (χ2n) is 11.7. The Bertz CT molecular complexity index is 922. The van der Waals surface area contributed by atoms with Crippen molar-refractivity contribution in [2.75, 3.05) is 26.3 Å². The van der Waals surface area contributed by atoms with E-state index in [1.54, 1.807) is 0 Å². The number of likely N-dealkylation sites (tertiary alicyclic amines) is 1. The Balaban J connectivity index is 1.83. The third-order valence-electron chi connectivity index (χ3n) is 7.35. The fourth-order valence-electron chi connectivity index (χ4n) is 6.64. The molecule has 33 heavy (non-hydrogen) atoms. The van der Waals surface area contributed by atoms with Gasteiger partial charge in [-0.25, -0.2) is 0 Å². The maximum atomic E-state index is 14.2. The largest absolute Gasteiger partial charge is 0.461 e. The average Bonchev–Trinajstić information content (AvgIpc) is 2.91. The topological polar surface area (TPSA) is 87.2 Å². The summed E-state index contributed by atoms with van der Waals surface area (Å²) in [6, 6.07) is -0.782. The van der Waals surface area contributed by atoms with Crippen LogP contribution in [0.5, 0.6) is 0 Å². The molecule has 0 aromatic carbocycles. The van der Waals surface area contributed by atoms with Crippen molar-refractivity contribution in [3.05, 3.63) is 24.3 Å². The molecule has 4 heterocycles. The summed E-state index contributed by atoms with van der Waals surface area (Å²) in [5.74, 6) is -2.18. The van der Waals surface area contributed by atoms with E-state index in [2.05, 4.69) is 34.6 Å². The van der Waals surface area contributed by atoms with Crippen molar-refractivity contribution in [1.82, 2.24) is 9.80 Å². The quantitative estimate of drug-likeness (QED) is 0.495. The number of fused-ring (bicyclic) bond motifs is 2. The number of thioether (sulfide) groups is 1. The highest BCUT2D eigenvalue weighted by Gasteiger charge is 2.74. The van der Waals surface area contributed by atoms with Crippen LogP contribution in [0.2, 0.25) is 0 Å². The van der Waals surface area contributed by atoms with Crippen LogP contribution < -0.4 is 0 Å². The lowest BCUT2D eigenvalue weighted by Gasteiger charge is -2.44. The molecule has 0 aromatic rings. The molecule has 2 amide bonds. The van der Waals surface area contributed by atoms with E-state index < -0.39 is 38.9 Å². The van der Waals surface area contributed by atoms with E-state index in [1.165, 1.54) is 16.7 Å². The zero-order chi connectivity index (χ0) is 24.4. The van der Waals surface area contributed by atoms with Gasteiger partial charge in [-0.05, 0) is 38.7 Å². The average molecular weight is 477 g/mol. The van der Waals surface area contributed by atoms with Gasteiger partial charge in [0.25, 0.3) is 0 Å². The normalized spacial score (nSPS) is 36.3. The number of aliphatic hydroxyl groups excluding tert-OH is 1. The van der Waals surface area contributed by atoms with Crippen LogP contribution in [0.25, 0.3) is 0 Å². The van der Waals surface area contributed by atoms with E-state index in [-0.39, 0.29) is 37.0 Å². The molecule has 1 spiro atoms. The van der Waals surface area contributed by atoms with Crippen LogP contribution in [0.3, 0.4) is 0 Å². The molecular formula is C25H36N2O5S. The Morgan fingerprint density at radius 3 is 2.42 bits per heavy atom. The Morgan fingerprint density at radius 1 is 1.09 bits per heavy atom. The van der Waals surface area contributed by atoms with E-state index in [1.807, 2.05) is 36.1 Å². The summed E-state index contributed by atoms with van der Waals surface area (Å²) in [5, 5.41) is 9.76. The molecule has 8 heteroatoms. The first-order valence-corrected chi connectivity index (χ1v) is 12.5. The SMILES string of the molecule is CC(C)(C)CC(C)(C)N1CC=C[C@]23S[C@@]4(C)C=CCOC(=O)[C@H]4[C@H]2C(=O)N(CCO)C3C1=O. The van der Waals surface area contributed by atoms with Gasteiger partial charge in [-0.1, -0.05) is 39.0 Å². The van der Waals surface area contributed by atoms with Gasteiger partial charge in [0.2, 0.25) is 11.8 Å². The molecule has 0 aromatic heterocycles. The first-order chi connectivity index (χ1) is 15.3. The minimum Gasteiger partial charge on any atom is -0.461 e. The number of hydrogen-bond donors (Lipinski definition) is 1. The summed E-state index contributed by atoms with van der Waals surface area (Å²) < 4.78 is 3.87. The molecule has 7 nitrogen and oxygen atoms in total. The molecule has 0 radical (unpaired) electrons. The van der Waals surface area contributed by atoms with Crippen LogP contribution in [-0.4, -0.2) is 80.1 Å². The zero-order valence-electron chi connectivity index (χ0n) is 20.5. The number of β-amino-alcohol motifs (C(OH)–C–C–N with tert-alkyl or cyclic N) is 1. The number of carbonyl (C=O) groups excluding carboxylic acids is 3. The molecule has 4 rings (SSSR count). The molecule has 5 atom stereocenters. The molecule has 2 saturated heterocycles. The Morgan fingerprint density at radius 2 is 1.79 bits per heavy atom. The summed E-state index contributed by atoms with van der Waals surface area (Å²) in [4.78, 5) is 44.5. The number of cyclic esters (lactones) is 1. The van der Waals surface area contributed by atoms with Crippen molar-refractivity contribution in [3.8, 4) is 0 Å². The molecule has 4 aliphatic heterocycles. The number of carbonyl (C=O) groups is 3. The van der Waals surface area contributed by atoms with Crippen LogP contribution >= 0.6 is 11.8 Å². The van der Waals surface area contributed by atoms with E-state index in [9.17, 15) is 19.5 Å². The third-order valence-corrected chi connectivity index (χ3v) is 9.14. The van der Waals surface area contributed by atoms with Gasteiger partial charge in [0.15, 0.2) is 0 Å². The van der Waals surface area contributed by atoms with Crippen LogP contribution in [-0.2, 0) is 19.1 Å². The van der Waals surface area contributed by atoms with Crippen LogP contribution in [0, 0.1) is 17.3 Å². The Hall–Kier alpha value is -1.80. The monoisotopic (exact) mass is 476 g/mol. The lowest BCUT2D eigenvalue weighted by Crippen LogP contribution is -2.59. The predicted molar refractivity (Wildman–Crippen MR) is 127 cm³/mol. The molecule has 0 aliphatic carbocycles. The van der Waals surface area contributed by atoms with Crippen LogP contribution in [0.15, 0.2) is 24.3 Å². The number of esters is 1. The second-order valence-corrected chi connectivity index (χ2v) is 13.5. The molecule has 1 unspecified atom stereocenters. The van der Waals surface area contributed by atoms with Crippen LogP contribution in [0.1, 0.15) is 48.0 Å². The number of hydrogen-bond acceptors (Lipinski definition) is 6. The van der Waals surface area contributed by atoms with E-state index >= 15 is 0 Å². The minimum absolute atomic E-state index is 0.00757. The molecule has 182 valence electrons. The summed E-state index contributed by atoms with van der Waals surface area (Å²) in [6.07, 6.45) is 8.56. The Labute approximate surface area is 200 Å². The van der Waals surface area contributed by atoms with Crippen molar-refractivity contribution >= 4 is 29.5 Å². The summed E-state index contributed by atoms with van der Waals surface area (Å²) >= 11 is 1.53. The van der Waals surface area contributed by atoms with Gasteiger partial charge >= 0.3 is 5.97 Å². The highest BCUT2D eigenvalue weighted by molar-refractivity contribution is 8.02. The first kappa shape index (κ1) is 24.3. The first-order valence-electron chi connectivity index (χ1n) is 11.7. The zero-order valence-corrected chi connectivity index (χ0v) is 21.3. The number of ether oxygens (including phenoxy) is 1. The number of aliphatic hydroxyl groups is 1. The fraction of sp³-hybridized carbons (Fsp3) is 0.720. The van der Waals surface area contributed by atoms with Gasteiger partial charge in [0, 0.05) is 23.4 Å². The second kappa shape index (κ2) is 7.87. The van der Waals surface area contributed by atoms with E-state index in [0.29, 0.717) is 6.54 Å².